The Hall–Kier alpha value is -4.34. The minimum Gasteiger partial charge on any atom is -0.308 e. The summed E-state index contributed by atoms with van der Waals surface area (Å²) in [7, 11) is 0. The molecule has 0 fully saturated rings. The van der Waals surface area contributed by atoms with E-state index in [1.165, 1.54) is 102 Å². The molecule has 5 aromatic heterocycles. The Morgan fingerprint density at radius 3 is 1.49 bits per heavy atom. The predicted molar refractivity (Wildman–Crippen MR) is 207 cm³/mol. The van der Waals surface area contributed by atoms with E-state index >= 15 is 0 Å². The summed E-state index contributed by atoms with van der Waals surface area (Å²) < 4.78 is 7.94. The van der Waals surface area contributed by atoms with Crippen molar-refractivity contribution in [2.45, 2.75) is 78.6 Å². The van der Waals surface area contributed by atoms with Gasteiger partial charge in [0.25, 0.3) is 0 Å². The van der Waals surface area contributed by atoms with Crippen LogP contribution < -0.4 is 0 Å². The molecule has 3 heteroatoms. The zero-order valence-corrected chi connectivity index (χ0v) is 29.6. The lowest BCUT2D eigenvalue weighted by molar-refractivity contribution is 0.590. The van der Waals surface area contributed by atoms with Crippen LogP contribution in [0.4, 0.5) is 0 Å². The van der Waals surface area contributed by atoms with Crippen molar-refractivity contribution in [2.75, 3.05) is 0 Å². The number of hydrogen-bond acceptors (Lipinski definition) is 1. The van der Waals surface area contributed by atoms with E-state index in [1.807, 2.05) is 11.3 Å². The highest BCUT2D eigenvalue weighted by Crippen LogP contribution is 2.49. The molecule has 0 saturated heterocycles. The van der Waals surface area contributed by atoms with Gasteiger partial charge in [-0.2, -0.15) is 0 Å². The van der Waals surface area contributed by atoms with Gasteiger partial charge in [-0.25, -0.2) is 0 Å². The van der Waals surface area contributed by atoms with E-state index in [0.29, 0.717) is 0 Å². The van der Waals surface area contributed by atoms with Crippen molar-refractivity contribution in [3.05, 3.63) is 95.6 Å². The van der Waals surface area contributed by atoms with Gasteiger partial charge < -0.3 is 8.80 Å². The van der Waals surface area contributed by atoms with Crippen LogP contribution in [0.5, 0.6) is 0 Å². The van der Waals surface area contributed by atoms with Crippen LogP contribution in [0.3, 0.4) is 0 Å². The second-order valence-electron chi connectivity index (χ2n) is 17.2. The summed E-state index contributed by atoms with van der Waals surface area (Å²) in [4.78, 5) is 0. The van der Waals surface area contributed by atoms with Crippen molar-refractivity contribution in [3.63, 3.8) is 0 Å². The molecule has 2 nitrogen and oxygen atoms in total. The average Bonchev–Trinajstić information content (AvgIpc) is 3.78. The van der Waals surface area contributed by atoms with Gasteiger partial charge in [0.2, 0.25) is 0 Å². The summed E-state index contributed by atoms with van der Waals surface area (Å²) in [6.45, 7) is 21.0. The molecule has 232 valence electrons. The molecule has 0 unspecified atom stereocenters. The standard InChI is InChI=1S/C44H40N2S/c1-42(2,3)23-14-15-34-27(16-23)30-17-24(43(4,5)6)18-31-28-22-36-29(21-35(28)45(34)38(30)31)32-19-25(44(7,8)9)20-33-39(32)46(36)40-26-12-10-11-13-37(26)47-41(33)40/h10-22H,1-9H3. The molecule has 0 aliphatic carbocycles. The fraction of sp³-hybridized carbons (Fsp3) is 0.273. The lowest BCUT2D eigenvalue weighted by atomic mass is 9.84. The van der Waals surface area contributed by atoms with Gasteiger partial charge in [0.1, 0.15) is 0 Å². The molecule has 47 heavy (non-hydrogen) atoms. The topological polar surface area (TPSA) is 8.82 Å². The monoisotopic (exact) mass is 628 g/mol. The van der Waals surface area contributed by atoms with Gasteiger partial charge in [-0.3, -0.25) is 0 Å². The predicted octanol–water partition coefficient (Wildman–Crippen LogP) is 13.1. The number of nitrogens with zero attached hydrogens (tertiary/aromatic N) is 2. The highest BCUT2D eigenvalue weighted by atomic mass is 32.1. The number of fused-ring (bicyclic) bond motifs is 14. The zero-order chi connectivity index (χ0) is 32.5. The van der Waals surface area contributed by atoms with E-state index in [1.54, 1.807) is 0 Å². The van der Waals surface area contributed by atoms with Crippen LogP contribution in [-0.2, 0) is 16.2 Å². The third kappa shape index (κ3) is 3.46. The molecule has 0 bridgehead atoms. The highest BCUT2D eigenvalue weighted by Gasteiger charge is 2.28. The third-order valence-electron chi connectivity index (χ3n) is 11.0. The van der Waals surface area contributed by atoms with Crippen LogP contribution in [-0.4, -0.2) is 8.80 Å². The summed E-state index contributed by atoms with van der Waals surface area (Å²) in [6.07, 6.45) is 0. The number of benzene rings is 5. The first-order valence-corrected chi connectivity index (χ1v) is 17.8. The molecule has 0 amide bonds. The minimum absolute atomic E-state index is 0.0359. The lowest BCUT2D eigenvalue weighted by Gasteiger charge is -2.20. The fourth-order valence-corrected chi connectivity index (χ4v) is 9.56. The Bertz CT molecular complexity index is 2940. The maximum Gasteiger partial charge on any atom is 0.0728 e. The molecule has 0 N–H and O–H groups in total. The molecule has 0 aliphatic rings. The van der Waals surface area contributed by atoms with Crippen LogP contribution in [0, 0.1) is 0 Å². The molecule has 5 heterocycles. The van der Waals surface area contributed by atoms with E-state index in [0.717, 1.165) is 0 Å². The largest absolute Gasteiger partial charge is 0.308 e. The van der Waals surface area contributed by atoms with Gasteiger partial charge in [0.15, 0.2) is 0 Å². The SMILES string of the molecule is CC(C)(C)c1ccc2c(c1)c1cc(C(C)(C)C)cc3c4cc5c(cc4n2c13)c1cc(C(C)(C)C)cc2c3sc4ccccc4c3n5c12. The molecule has 10 rings (SSSR count). The van der Waals surface area contributed by atoms with Crippen molar-refractivity contribution >= 4 is 96.9 Å². The van der Waals surface area contributed by atoms with Gasteiger partial charge in [-0.1, -0.05) is 86.6 Å². The van der Waals surface area contributed by atoms with Crippen LogP contribution >= 0.6 is 11.3 Å². The van der Waals surface area contributed by atoms with E-state index in [4.69, 9.17) is 0 Å². The van der Waals surface area contributed by atoms with Gasteiger partial charge >= 0.3 is 0 Å². The molecular weight excluding hydrogens is 589 g/mol. The normalized spacial score (nSPS) is 14.1. The first kappa shape index (κ1) is 27.7. The van der Waals surface area contributed by atoms with Crippen LogP contribution in [0.1, 0.15) is 79.0 Å². The molecule has 10 aromatic rings. The first-order chi connectivity index (χ1) is 22.2. The average molecular weight is 629 g/mol. The van der Waals surface area contributed by atoms with Crippen LogP contribution in [0.2, 0.25) is 0 Å². The summed E-state index contributed by atoms with van der Waals surface area (Å²) >= 11 is 1.94. The third-order valence-corrected chi connectivity index (χ3v) is 12.2. The van der Waals surface area contributed by atoms with E-state index in [-0.39, 0.29) is 16.2 Å². The molecule has 0 aliphatic heterocycles. The second kappa shape index (κ2) is 8.38. The number of hydrogen-bond donors (Lipinski definition) is 0. The maximum atomic E-state index is 2.60. The Labute approximate surface area is 278 Å². The van der Waals surface area contributed by atoms with Gasteiger partial charge in [0.05, 0.1) is 37.8 Å². The Kier molecular flexibility index (Phi) is 4.95. The quantitative estimate of drug-likeness (QED) is 0.158. The smallest absolute Gasteiger partial charge is 0.0728 e. The fourth-order valence-electron chi connectivity index (χ4n) is 8.36. The van der Waals surface area contributed by atoms with Crippen LogP contribution in [0.15, 0.2) is 78.9 Å². The number of aromatic nitrogens is 2. The summed E-state index contributed by atoms with van der Waals surface area (Å²) in [6, 6.07) is 31.1. The Morgan fingerprint density at radius 2 is 0.894 bits per heavy atom. The molecule has 0 saturated carbocycles. The van der Waals surface area contributed by atoms with E-state index < -0.39 is 0 Å². The van der Waals surface area contributed by atoms with Crippen molar-refractivity contribution in [1.82, 2.24) is 8.80 Å². The minimum atomic E-state index is 0.0359. The van der Waals surface area contributed by atoms with Crippen molar-refractivity contribution in [2.24, 2.45) is 0 Å². The summed E-state index contributed by atoms with van der Waals surface area (Å²) in [5.41, 5.74) is 12.3. The molecule has 5 aromatic carbocycles. The Morgan fingerprint density at radius 1 is 0.404 bits per heavy atom. The van der Waals surface area contributed by atoms with Gasteiger partial charge in [-0.05, 0) is 87.5 Å². The van der Waals surface area contributed by atoms with Gasteiger partial charge in [0, 0.05) is 47.8 Å². The molecule has 0 atom stereocenters. The van der Waals surface area contributed by atoms with Crippen molar-refractivity contribution < 1.29 is 0 Å². The maximum absolute atomic E-state index is 2.60. The lowest BCUT2D eigenvalue weighted by Crippen LogP contribution is -2.11. The summed E-state index contributed by atoms with van der Waals surface area (Å²) in [5.74, 6) is 0. The van der Waals surface area contributed by atoms with Gasteiger partial charge in [-0.15, -0.1) is 11.3 Å². The Balaban J connectivity index is 1.46. The molecule has 0 radical (unpaired) electrons. The highest BCUT2D eigenvalue weighted by molar-refractivity contribution is 7.26. The van der Waals surface area contributed by atoms with Crippen molar-refractivity contribution in [1.29, 1.82) is 0 Å². The van der Waals surface area contributed by atoms with E-state index in [2.05, 4.69) is 150 Å². The van der Waals surface area contributed by atoms with Crippen molar-refractivity contribution in [3.8, 4) is 0 Å². The number of thiophene rings is 1. The zero-order valence-electron chi connectivity index (χ0n) is 28.8. The summed E-state index contributed by atoms with van der Waals surface area (Å²) in [5, 5.41) is 10.9. The molecular formula is C44H40N2S. The second-order valence-corrected chi connectivity index (χ2v) is 18.2. The van der Waals surface area contributed by atoms with Crippen LogP contribution in [0.25, 0.3) is 85.6 Å². The first-order valence-electron chi connectivity index (χ1n) is 17.0. The van der Waals surface area contributed by atoms with E-state index in [9.17, 15) is 0 Å². The molecule has 0 spiro atoms. The number of rotatable bonds is 0.